The van der Waals surface area contributed by atoms with Crippen LogP contribution in [0.5, 0.6) is 0 Å². The molecule has 0 bridgehead atoms. The van der Waals surface area contributed by atoms with Gasteiger partial charge in [0.05, 0.1) is 10.8 Å². The molecule has 23 heavy (non-hydrogen) atoms. The van der Waals surface area contributed by atoms with Crippen LogP contribution in [0.25, 0.3) is 0 Å². The van der Waals surface area contributed by atoms with E-state index in [2.05, 4.69) is 4.98 Å². The van der Waals surface area contributed by atoms with Crippen LogP contribution in [0.1, 0.15) is 44.0 Å². The smallest absolute Gasteiger partial charge is 0.256 e. The highest BCUT2D eigenvalue weighted by molar-refractivity contribution is 8.00. The molecule has 0 radical (unpaired) electrons. The van der Waals surface area contributed by atoms with Crippen molar-refractivity contribution >= 4 is 23.6 Å². The summed E-state index contributed by atoms with van der Waals surface area (Å²) < 4.78 is 0. The standard InChI is InChI=1S/C17H25N3O2S/c1-4-19(5-2)17(22)14-9-8-10-18-15(14)23-13(3)16(21)20-11-6-7-12-20/h8-10,13H,4-7,11-12H2,1-3H3/t13-/m1/s1. The second kappa shape index (κ2) is 8.34. The van der Waals surface area contributed by atoms with Crippen molar-refractivity contribution in [2.24, 2.45) is 0 Å². The summed E-state index contributed by atoms with van der Waals surface area (Å²) in [5.41, 5.74) is 0.585. The zero-order chi connectivity index (χ0) is 16.8. The molecule has 0 N–H and O–H groups in total. The number of likely N-dealkylation sites (tertiary alicyclic amines) is 1. The maximum atomic E-state index is 12.6. The molecule has 126 valence electrons. The lowest BCUT2D eigenvalue weighted by Gasteiger charge is -2.22. The van der Waals surface area contributed by atoms with Gasteiger partial charge in [-0.2, -0.15) is 0 Å². The fraction of sp³-hybridized carbons (Fsp3) is 0.588. The third-order valence-corrected chi connectivity index (χ3v) is 5.21. The Morgan fingerprint density at radius 2 is 1.96 bits per heavy atom. The third kappa shape index (κ3) is 4.25. The Morgan fingerprint density at radius 1 is 1.30 bits per heavy atom. The summed E-state index contributed by atoms with van der Waals surface area (Å²) in [5.74, 6) is 0.116. The Kier molecular flexibility index (Phi) is 6.45. The Hall–Kier alpha value is -1.56. The Labute approximate surface area is 142 Å². The lowest BCUT2D eigenvalue weighted by molar-refractivity contribution is -0.129. The SMILES string of the molecule is CCN(CC)C(=O)c1cccnc1S[C@H](C)C(=O)N1CCCC1. The molecule has 0 saturated carbocycles. The van der Waals surface area contributed by atoms with Gasteiger partial charge in [0.1, 0.15) is 5.03 Å². The zero-order valence-electron chi connectivity index (χ0n) is 14.1. The van der Waals surface area contributed by atoms with Crippen molar-refractivity contribution in [3.8, 4) is 0 Å². The van der Waals surface area contributed by atoms with Crippen molar-refractivity contribution in [2.45, 2.75) is 43.9 Å². The van der Waals surface area contributed by atoms with Crippen molar-refractivity contribution < 1.29 is 9.59 Å². The fourth-order valence-corrected chi connectivity index (χ4v) is 3.73. The van der Waals surface area contributed by atoms with E-state index in [-0.39, 0.29) is 17.1 Å². The minimum Gasteiger partial charge on any atom is -0.342 e. The van der Waals surface area contributed by atoms with Gasteiger partial charge in [0.25, 0.3) is 5.91 Å². The largest absolute Gasteiger partial charge is 0.342 e. The maximum Gasteiger partial charge on any atom is 0.256 e. The number of carbonyl (C=O) groups is 2. The van der Waals surface area contributed by atoms with E-state index in [0.717, 1.165) is 25.9 Å². The van der Waals surface area contributed by atoms with Crippen LogP contribution in [0.4, 0.5) is 0 Å². The van der Waals surface area contributed by atoms with E-state index in [1.807, 2.05) is 25.7 Å². The third-order valence-electron chi connectivity index (χ3n) is 4.11. The van der Waals surface area contributed by atoms with Crippen LogP contribution >= 0.6 is 11.8 Å². The first-order valence-electron chi connectivity index (χ1n) is 8.28. The van der Waals surface area contributed by atoms with Gasteiger partial charge >= 0.3 is 0 Å². The molecule has 1 aliphatic rings. The molecule has 2 heterocycles. The summed E-state index contributed by atoms with van der Waals surface area (Å²) in [7, 11) is 0. The number of carbonyl (C=O) groups excluding carboxylic acids is 2. The van der Waals surface area contributed by atoms with Crippen molar-refractivity contribution in [2.75, 3.05) is 26.2 Å². The maximum absolute atomic E-state index is 12.6. The van der Waals surface area contributed by atoms with E-state index in [0.29, 0.717) is 23.7 Å². The monoisotopic (exact) mass is 335 g/mol. The van der Waals surface area contributed by atoms with Crippen molar-refractivity contribution in [1.29, 1.82) is 0 Å². The number of pyridine rings is 1. The molecule has 1 aromatic rings. The van der Waals surface area contributed by atoms with E-state index in [9.17, 15) is 9.59 Å². The molecule has 0 aliphatic carbocycles. The number of hydrogen-bond donors (Lipinski definition) is 0. The summed E-state index contributed by atoms with van der Waals surface area (Å²) in [6.45, 7) is 8.83. The number of hydrogen-bond acceptors (Lipinski definition) is 4. The molecular weight excluding hydrogens is 310 g/mol. The van der Waals surface area contributed by atoms with Crippen molar-refractivity contribution in [3.05, 3.63) is 23.9 Å². The van der Waals surface area contributed by atoms with Crippen LogP contribution < -0.4 is 0 Å². The minimum atomic E-state index is -0.230. The van der Waals surface area contributed by atoms with Gasteiger partial charge in [-0.05, 0) is 45.7 Å². The summed E-state index contributed by atoms with van der Waals surface area (Å²) in [5, 5.41) is 0.413. The molecule has 0 unspecified atom stereocenters. The first-order valence-corrected chi connectivity index (χ1v) is 9.16. The minimum absolute atomic E-state index is 0.0218. The highest BCUT2D eigenvalue weighted by atomic mass is 32.2. The second-order valence-corrected chi connectivity index (χ2v) is 6.96. The van der Waals surface area contributed by atoms with Gasteiger partial charge in [-0.25, -0.2) is 4.98 Å². The van der Waals surface area contributed by atoms with Crippen LogP contribution in [0.2, 0.25) is 0 Å². The molecule has 1 aliphatic heterocycles. The average molecular weight is 335 g/mol. The summed E-state index contributed by atoms with van der Waals surface area (Å²) in [6, 6.07) is 3.57. The molecular formula is C17H25N3O2S. The molecule has 2 amide bonds. The number of rotatable bonds is 6. The normalized spacial score (nSPS) is 15.5. The van der Waals surface area contributed by atoms with E-state index >= 15 is 0 Å². The number of thioether (sulfide) groups is 1. The Bertz CT molecular complexity index is 555. The lowest BCUT2D eigenvalue weighted by Crippen LogP contribution is -2.34. The molecule has 1 fully saturated rings. The number of amides is 2. The summed E-state index contributed by atoms with van der Waals surface area (Å²) in [6.07, 6.45) is 3.84. The molecule has 1 atom stereocenters. The van der Waals surface area contributed by atoms with Crippen LogP contribution in [0.3, 0.4) is 0 Å². The molecule has 0 aromatic carbocycles. The summed E-state index contributed by atoms with van der Waals surface area (Å²) >= 11 is 1.38. The van der Waals surface area contributed by atoms with Gasteiger partial charge in [0.15, 0.2) is 0 Å². The molecule has 0 spiro atoms. The average Bonchev–Trinajstić information content (AvgIpc) is 3.10. The van der Waals surface area contributed by atoms with Gasteiger partial charge < -0.3 is 9.80 Å². The van der Waals surface area contributed by atoms with Crippen LogP contribution in [0, 0.1) is 0 Å². The molecule has 6 heteroatoms. The first kappa shape index (κ1) is 17.8. The van der Waals surface area contributed by atoms with E-state index in [1.165, 1.54) is 11.8 Å². The van der Waals surface area contributed by atoms with Gasteiger partial charge in [-0.3, -0.25) is 9.59 Å². The van der Waals surface area contributed by atoms with Crippen LogP contribution in [-0.2, 0) is 4.79 Å². The van der Waals surface area contributed by atoms with Gasteiger partial charge in [0, 0.05) is 32.4 Å². The topological polar surface area (TPSA) is 53.5 Å². The predicted octanol–water partition coefficient (Wildman–Crippen LogP) is 2.67. The highest BCUT2D eigenvalue weighted by Gasteiger charge is 2.26. The Balaban J connectivity index is 2.13. The second-order valence-electron chi connectivity index (χ2n) is 5.63. The zero-order valence-corrected chi connectivity index (χ0v) is 14.9. The Morgan fingerprint density at radius 3 is 2.57 bits per heavy atom. The van der Waals surface area contributed by atoms with E-state index < -0.39 is 0 Å². The van der Waals surface area contributed by atoms with Crippen molar-refractivity contribution in [3.63, 3.8) is 0 Å². The fourth-order valence-electron chi connectivity index (χ4n) is 2.74. The van der Waals surface area contributed by atoms with E-state index in [1.54, 1.807) is 23.2 Å². The highest BCUT2D eigenvalue weighted by Crippen LogP contribution is 2.27. The quantitative estimate of drug-likeness (QED) is 0.750. The lowest BCUT2D eigenvalue weighted by atomic mass is 10.2. The first-order chi connectivity index (χ1) is 11.1. The summed E-state index contributed by atoms with van der Waals surface area (Å²) in [4.78, 5) is 33.1. The van der Waals surface area contributed by atoms with Gasteiger partial charge in [0.2, 0.25) is 5.91 Å². The molecule has 1 saturated heterocycles. The molecule has 5 nitrogen and oxygen atoms in total. The molecule has 2 rings (SSSR count). The van der Waals surface area contributed by atoms with Gasteiger partial charge in [-0.15, -0.1) is 0 Å². The van der Waals surface area contributed by atoms with Gasteiger partial charge in [-0.1, -0.05) is 11.8 Å². The number of nitrogens with zero attached hydrogens (tertiary/aromatic N) is 3. The molecule has 1 aromatic heterocycles. The van der Waals surface area contributed by atoms with E-state index in [4.69, 9.17) is 0 Å². The van der Waals surface area contributed by atoms with Crippen molar-refractivity contribution in [1.82, 2.24) is 14.8 Å². The number of aromatic nitrogens is 1. The van der Waals surface area contributed by atoms with Crippen LogP contribution in [0.15, 0.2) is 23.4 Å². The predicted molar refractivity (Wildman–Crippen MR) is 92.6 cm³/mol. The van der Waals surface area contributed by atoms with Crippen LogP contribution in [-0.4, -0.2) is 58.0 Å².